The third kappa shape index (κ3) is 4.02. The highest BCUT2D eigenvalue weighted by Gasteiger charge is 2.27. The van der Waals surface area contributed by atoms with Crippen molar-refractivity contribution >= 4 is 21.8 Å². The van der Waals surface area contributed by atoms with Crippen molar-refractivity contribution in [3.63, 3.8) is 0 Å². The minimum absolute atomic E-state index is 0.0725. The lowest BCUT2D eigenvalue weighted by atomic mass is 9.94. The van der Waals surface area contributed by atoms with E-state index in [4.69, 9.17) is 4.52 Å². The summed E-state index contributed by atoms with van der Waals surface area (Å²) in [6.45, 7) is 3.54. The molecule has 0 saturated carbocycles. The Morgan fingerprint density at radius 1 is 1.21 bits per heavy atom. The van der Waals surface area contributed by atoms with E-state index in [1.807, 2.05) is 60.4 Å². The molecule has 0 unspecified atom stereocenters. The zero-order chi connectivity index (χ0) is 19.5. The van der Waals surface area contributed by atoms with Crippen LogP contribution in [0.2, 0.25) is 0 Å². The topological polar surface area (TPSA) is 59.2 Å². The Bertz CT molecular complexity index is 985. The Morgan fingerprint density at radius 3 is 2.82 bits per heavy atom. The van der Waals surface area contributed by atoms with Gasteiger partial charge in [-0.2, -0.15) is 4.98 Å². The van der Waals surface area contributed by atoms with Crippen LogP contribution in [0.4, 0.5) is 0 Å². The molecule has 1 aromatic heterocycles. The van der Waals surface area contributed by atoms with E-state index >= 15 is 0 Å². The van der Waals surface area contributed by atoms with Gasteiger partial charge in [0, 0.05) is 29.5 Å². The first-order valence-electron chi connectivity index (χ1n) is 9.54. The molecule has 0 spiro atoms. The Morgan fingerprint density at radius 2 is 2.00 bits per heavy atom. The second-order valence-corrected chi connectivity index (χ2v) is 8.12. The van der Waals surface area contributed by atoms with E-state index in [1.54, 1.807) is 0 Å². The van der Waals surface area contributed by atoms with Crippen molar-refractivity contribution in [2.45, 2.75) is 26.2 Å². The van der Waals surface area contributed by atoms with Crippen molar-refractivity contribution in [2.75, 3.05) is 13.1 Å². The Kier molecular flexibility index (Phi) is 5.57. The highest BCUT2D eigenvalue weighted by atomic mass is 79.9. The van der Waals surface area contributed by atoms with E-state index in [2.05, 4.69) is 26.1 Å². The van der Waals surface area contributed by atoms with Gasteiger partial charge >= 0.3 is 0 Å². The van der Waals surface area contributed by atoms with Gasteiger partial charge in [0.05, 0.1) is 5.56 Å². The standard InChI is InChI=1S/C22H22BrN3O2/c1-15-7-2-3-9-17(15)21-24-20(28-25-21)13-16-8-6-12-26(14-16)22(27)18-10-4-5-11-19(18)23/h2-5,7,9-11,16H,6,8,12-14H2,1H3/t16-/m1/s1. The van der Waals surface area contributed by atoms with Crippen LogP contribution in [0.1, 0.15) is 34.7 Å². The maximum absolute atomic E-state index is 12.9. The predicted molar refractivity (Wildman–Crippen MR) is 111 cm³/mol. The van der Waals surface area contributed by atoms with E-state index in [0.29, 0.717) is 36.2 Å². The fraction of sp³-hybridized carbons (Fsp3) is 0.318. The van der Waals surface area contributed by atoms with Crippen molar-refractivity contribution in [1.29, 1.82) is 0 Å². The van der Waals surface area contributed by atoms with Gasteiger partial charge in [-0.15, -0.1) is 0 Å². The molecule has 144 valence electrons. The van der Waals surface area contributed by atoms with Crippen LogP contribution in [0, 0.1) is 12.8 Å². The molecule has 1 atom stereocenters. The van der Waals surface area contributed by atoms with Crippen LogP contribution in [0.3, 0.4) is 0 Å². The number of halogens is 1. The quantitative estimate of drug-likeness (QED) is 0.579. The zero-order valence-corrected chi connectivity index (χ0v) is 17.4. The molecule has 6 heteroatoms. The molecule has 0 N–H and O–H groups in total. The predicted octanol–water partition coefficient (Wildman–Crippen LogP) is 4.90. The van der Waals surface area contributed by atoms with Crippen LogP contribution in [0.25, 0.3) is 11.4 Å². The van der Waals surface area contributed by atoms with Crippen molar-refractivity contribution in [2.24, 2.45) is 5.92 Å². The lowest BCUT2D eigenvalue weighted by molar-refractivity contribution is 0.0667. The van der Waals surface area contributed by atoms with Gasteiger partial charge in [-0.05, 0) is 59.3 Å². The smallest absolute Gasteiger partial charge is 0.255 e. The van der Waals surface area contributed by atoms with Crippen LogP contribution in [-0.2, 0) is 6.42 Å². The number of likely N-dealkylation sites (tertiary alicyclic amines) is 1. The first-order valence-corrected chi connectivity index (χ1v) is 10.3. The van der Waals surface area contributed by atoms with Crippen molar-refractivity contribution in [1.82, 2.24) is 15.0 Å². The SMILES string of the molecule is Cc1ccccc1-c1noc(C[C@H]2CCCN(C(=O)c3ccccc3Br)C2)n1. The first kappa shape index (κ1) is 18.9. The number of piperidine rings is 1. The van der Waals surface area contributed by atoms with Crippen LogP contribution in [0.15, 0.2) is 57.5 Å². The average molecular weight is 440 g/mol. The number of aryl methyl sites for hydroxylation is 1. The molecule has 0 radical (unpaired) electrons. The number of carbonyl (C=O) groups excluding carboxylic acids is 1. The van der Waals surface area contributed by atoms with E-state index in [1.165, 1.54) is 0 Å². The molecule has 28 heavy (non-hydrogen) atoms. The van der Waals surface area contributed by atoms with Gasteiger partial charge in [0.15, 0.2) is 0 Å². The highest BCUT2D eigenvalue weighted by molar-refractivity contribution is 9.10. The number of hydrogen-bond donors (Lipinski definition) is 0. The molecule has 0 bridgehead atoms. The Labute approximate surface area is 172 Å². The number of aromatic nitrogens is 2. The van der Waals surface area contributed by atoms with Crippen molar-refractivity contribution in [3.8, 4) is 11.4 Å². The summed E-state index contributed by atoms with van der Waals surface area (Å²) in [5.41, 5.74) is 2.83. The lowest BCUT2D eigenvalue weighted by Crippen LogP contribution is -2.40. The van der Waals surface area contributed by atoms with Gasteiger partial charge in [-0.3, -0.25) is 4.79 Å². The Hall–Kier alpha value is -2.47. The third-order valence-electron chi connectivity index (χ3n) is 5.23. The van der Waals surface area contributed by atoms with Gasteiger partial charge in [0.25, 0.3) is 5.91 Å². The molecule has 4 rings (SSSR count). The number of rotatable bonds is 4. The first-order chi connectivity index (χ1) is 13.6. The monoisotopic (exact) mass is 439 g/mol. The summed E-state index contributed by atoms with van der Waals surface area (Å²) in [5.74, 6) is 1.66. The number of benzene rings is 2. The number of nitrogens with zero attached hydrogens (tertiary/aromatic N) is 3. The van der Waals surface area contributed by atoms with E-state index < -0.39 is 0 Å². The molecular weight excluding hydrogens is 418 g/mol. The molecule has 1 fully saturated rings. The third-order valence-corrected chi connectivity index (χ3v) is 5.92. The molecular formula is C22H22BrN3O2. The van der Waals surface area contributed by atoms with E-state index in [9.17, 15) is 4.79 Å². The molecule has 3 aromatic rings. The average Bonchev–Trinajstić information content (AvgIpc) is 3.16. The van der Waals surface area contributed by atoms with Gasteiger partial charge in [0.1, 0.15) is 0 Å². The molecule has 5 nitrogen and oxygen atoms in total. The summed E-state index contributed by atoms with van der Waals surface area (Å²) in [5, 5.41) is 4.15. The van der Waals surface area contributed by atoms with Gasteiger partial charge in [0.2, 0.25) is 11.7 Å². The number of amides is 1. The van der Waals surface area contributed by atoms with Gasteiger partial charge in [-0.25, -0.2) is 0 Å². The van der Waals surface area contributed by atoms with Crippen LogP contribution in [-0.4, -0.2) is 34.0 Å². The molecule has 1 aliphatic heterocycles. The summed E-state index contributed by atoms with van der Waals surface area (Å²) < 4.78 is 6.34. The van der Waals surface area contributed by atoms with Gasteiger partial charge < -0.3 is 9.42 Å². The molecule has 1 amide bonds. The minimum Gasteiger partial charge on any atom is -0.339 e. The second-order valence-electron chi connectivity index (χ2n) is 7.27. The number of carbonyl (C=O) groups is 1. The molecule has 2 aromatic carbocycles. The lowest BCUT2D eigenvalue weighted by Gasteiger charge is -2.32. The van der Waals surface area contributed by atoms with E-state index in [-0.39, 0.29) is 5.91 Å². The van der Waals surface area contributed by atoms with Gasteiger partial charge in [-0.1, -0.05) is 41.6 Å². The molecule has 1 saturated heterocycles. The van der Waals surface area contributed by atoms with Crippen LogP contribution >= 0.6 is 15.9 Å². The minimum atomic E-state index is 0.0725. The Balaban J connectivity index is 1.44. The second kappa shape index (κ2) is 8.27. The number of hydrogen-bond acceptors (Lipinski definition) is 4. The molecule has 1 aliphatic rings. The largest absolute Gasteiger partial charge is 0.339 e. The summed E-state index contributed by atoms with van der Waals surface area (Å²) in [7, 11) is 0. The fourth-order valence-electron chi connectivity index (χ4n) is 3.74. The van der Waals surface area contributed by atoms with Crippen LogP contribution < -0.4 is 0 Å². The molecule has 0 aliphatic carbocycles. The molecule has 2 heterocycles. The maximum Gasteiger partial charge on any atom is 0.255 e. The zero-order valence-electron chi connectivity index (χ0n) is 15.8. The van der Waals surface area contributed by atoms with E-state index in [0.717, 1.165) is 35.0 Å². The van der Waals surface area contributed by atoms with Crippen LogP contribution in [0.5, 0.6) is 0 Å². The maximum atomic E-state index is 12.9. The summed E-state index contributed by atoms with van der Waals surface area (Å²) >= 11 is 3.48. The summed E-state index contributed by atoms with van der Waals surface area (Å²) in [6.07, 6.45) is 2.74. The highest BCUT2D eigenvalue weighted by Crippen LogP contribution is 2.26. The van der Waals surface area contributed by atoms with Crippen molar-refractivity contribution in [3.05, 3.63) is 70.0 Å². The summed E-state index contributed by atoms with van der Waals surface area (Å²) in [6, 6.07) is 15.6. The van der Waals surface area contributed by atoms with Crippen molar-refractivity contribution < 1.29 is 9.32 Å². The fourth-order valence-corrected chi connectivity index (χ4v) is 4.19. The summed E-state index contributed by atoms with van der Waals surface area (Å²) in [4.78, 5) is 19.4. The normalized spacial score (nSPS) is 16.9.